The van der Waals surface area contributed by atoms with Crippen LogP contribution in [0.3, 0.4) is 0 Å². The van der Waals surface area contributed by atoms with Gasteiger partial charge in [-0.1, -0.05) is 18.2 Å². The fourth-order valence-electron chi connectivity index (χ4n) is 1.06. The van der Waals surface area contributed by atoms with E-state index in [9.17, 15) is 0 Å². The molecule has 0 aliphatic rings. The van der Waals surface area contributed by atoms with Crippen molar-refractivity contribution < 1.29 is 9.26 Å². The third-order valence-electron chi connectivity index (χ3n) is 1.80. The highest BCUT2D eigenvalue weighted by Gasteiger charge is 2.12. The maximum atomic E-state index is 5.77. The van der Waals surface area contributed by atoms with E-state index in [0.717, 1.165) is 6.42 Å². The molecule has 0 saturated heterocycles. The summed E-state index contributed by atoms with van der Waals surface area (Å²) >= 11 is 0. The van der Waals surface area contributed by atoms with E-state index >= 15 is 0 Å². The Bertz CT molecular complexity index is 299. The van der Waals surface area contributed by atoms with Gasteiger partial charge in [0, 0.05) is 6.61 Å². The van der Waals surface area contributed by atoms with E-state index in [2.05, 4.69) is 16.7 Å². The second kappa shape index (κ2) is 6.31. The standard InChI is InChI=1S/C10H17N3O2/c1-3-5-8(11)10-12-9(13-15-10)7-14-6-4-2/h3,8H,1,4-7,11H2,2H3. The minimum Gasteiger partial charge on any atom is -0.373 e. The molecule has 5 nitrogen and oxygen atoms in total. The van der Waals surface area contributed by atoms with Gasteiger partial charge >= 0.3 is 0 Å². The van der Waals surface area contributed by atoms with Gasteiger partial charge in [-0.2, -0.15) is 4.98 Å². The van der Waals surface area contributed by atoms with Crippen molar-refractivity contribution in [1.29, 1.82) is 0 Å². The maximum Gasteiger partial charge on any atom is 0.243 e. The first kappa shape index (κ1) is 11.9. The van der Waals surface area contributed by atoms with Crippen molar-refractivity contribution in [3.05, 3.63) is 24.4 Å². The van der Waals surface area contributed by atoms with Gasteiger partial charge in [0.25, 0.3) is 0 Å². The minimum absolute atomic E-state index is 0.269. The van der Waals surface area contributed by atoms with Crippen LogP contribution in [0.25, 0.3) is 0 Å². The van der Waals surface area contributed by atoms with E-state index in [4.69, 9.17) is 15.0 Å². The zero-order valence-corrected chi connectivity index (χ0v) is 8.98. The average molecular weight is 211 g/mol. The molecule has 2 N–H and O–H groups in total. The van der Waals surface area contributed by atoms with Crippen molar-refractivity contribution in [1.82, 2.24) is 10.1 Å². The van der Waals surface area contributed by atoms with E-state index < -0.39 is 0 Å². The van der Waals surface area contributed by atoms with Crippen LogP contribution >= 0.6 is 0 Å². The molecular formula is C10H17N3O2. The van der Waals surface area contributed by atoms with Crippen LogP contribution in [-0.2, 0) is 11.3 Å². The lowest BCUT2D eigenvalue weighted by atomic mass is 10.2. The quantitative estimate of drug-likeness (QED) is 0.547. The molecule has 1 aromatic heterocycles. The highest BCUT2D eigenvalue weighted by molar-refractivity contribution is 4.93. The van der Waals surface area contributed by atoms with Crippen molar-refractivity contribution in [3.8, 4) is 0 Å². The molecule has 0 radical (unpaired) electrons. The Morgan fingerprint density at radius 1 is 1.67 bits per heavy atom. The summed E-state index contributed by atoms with van der Waals surface area (Å²) in [5.41, 5.74) is 5.77. The third kappa shape index (κ3) is 3.81. The predicted octanol–water partition coefficient (Wildman–Crippen LogP) is 1.57. The summed E-state index contributed by atoms with van der Waals surface area (Å²) in [5, 5.41) is 3.77. The van der Waals surface area contributed by atoms with Gasteiger partial charge in [-0.25, -0.2) is 0 Å². The SMILES string of the molecule is C=CCC(N)c1nc(COCCC)no1. The molecule has 15 heavy (non-hydrogen) atoms. The molecule has 5 heteroatoms. The van der Waals surface area contributed by atoms with Gasteiger partial charge in [0.15, 0.2) is 5.82 Å². The van der Waals surface area contributed by atoms with Crippen LogP contribution in [0.1, 0.15) is 37.5 Å². The molecule has 1 aromatic rings. The molecule has 0 saturated carbocycles. The van der Waals surface area contributed by atoms with E-state index in [0.29, 0.717) is 31.3 Å². The first-order chi connectivity index (χ1) is 7.27. The molecule has 1 rings (SSSR count). The molecule has 0 aromatic carbocycles. The lowest BCUT2D eigenvalue weighted by molar-refractivity contribution is 0.114. The number of nitrogens with zero attached hydrogens (tertiary/aromatic N) is 2. The molecule has 0 amide bonds. The minimum atomic E-state index is -0.269. The number of hydrogen-bond acceptors (Lipinski definition) is 5. The summed E-state index contributed by atoms with van der Waals surface area (Å²) < 4.78 is 10.3. The van der Waals surface area contributed by atoms with Crippen LogP contribution < -0.4 is 5.73 Å². The number of aromatic nitrogens is 2. The average Bonchev–Trinajstić information content (AvgIpc) is 2.67. The van der Waals surface area contributed by atoms with Crippen LogP contribution in [0.4, 0.5) is 0 Å². The number of ether oxygens (including phenoxy) is 1. The van der Waals surface area contributed by atoms with Gasteiger partial charge in [-0.15, -0.1) is 6.58 Å². The largest absolute Gasteiger partial charge is 0.373 e. The lowest BCUT2D eigenvalue weighted by Crippen LogP contribution is -2.09. The Kier molecular flexibility index (Phi) is 5.00. The van der Waals surface area contributed by atoms with Crippen LogP contribution in [-0.4, -0.2) is 16.7 Å². The summed E-state index contributed by atoms with van der Waals surface area (Å²) in [6, 6.07) is -0.269. The topological polar surface area (TPSA) is 74.2 Å². The highest BCUT2D eigenvalue weighted by atomic mass is 16.5. The second-order valence-corrected chi connectivity index (χ2v) is 3.23. The Hall–Kier alpha value is -1.20. The molecule has 1 atom stereocenters. The fraction of sp³-hybridized carbons (Fsp3) is 0.600. The molecule has 0 aliphatic heterocycles. The summed E-state index contributed by atoms with van der Waals surface area (Å²) in [7, 11) is 0. The molecule has 0 bridgehead atoms. The summed E-state index contributed by atoms with van der Waals surface area (Å²) in [5.74, 6) is 0.975. The second-order valence-electron chi connectivity index (χ2n) is 3.23. The maximum absolute atomic E-state index is 5.77. The Morgan fingerprint density at radius 2 is 2.47 bits per heavy atom. The highest BCUT2D eigenvalue weighted by Crippen LogP contribution is 2.11. The van der Waals surface area contributed by atoms with Crippen molar-refractivity contribution in [2.24, 2.45) is 5.73 Å². The Labute approximate surface area is 89.3 Å². The molecule has 84 valence electrons. The Morgan fingerprint density at radius 3 is 3.13 bits per heavy atom. The van der Waals surface area contributed by atoms with Crippen LogP contribution in [0.15, 0.2) is 17.2 Å². The molecule has 0 spiro atoms. The fourth-order valence-corrected chi connectivity index (χ4v) is 1.06. The van der Waals surface area contributed by atoms with Crippen LogP contribution in [0.5, 0.6) is 0 Å². The molecular weight excluding hydrogens is 194 g/mol. The zero-order valence-electron chi connectivity index (χ0n) is 8.98. The van der Waals surface area contributed by atoms with Gasteiger partial charge in [0.05, 0.1) is 6.04 Å². The smallest absolute Gasteiger partial charge is 0.243 e. The molecule has 1 heterocycles. The predicted molar refractivity (Wildman–Crippen MR) is 56.0 cm³/mol. The molecule has 0 aliphatic carbocycles. The van der Waals surface area contributed by atoms with Crippen LogP contribution in [0.2, 0.25) is 0 Å². The third-order valence-corrected chi connectivity index (χ3v) is 1.80. The van der Waals surface area contributed by atoms with Crippen molar-refractivity contribution >= 4 is 0 Å². The first-order valence-electron chi connectivity index (χ1n) is 5.04. The zero-order chi connectivity index (χ0) is 11.1. The van der Waals surface area contributed by atoms with Crippen molar-refractivity contribution in [2.45, 2.75) is 32.4 Å². The van der Waals surface area contributed by atoms with Gasteiger partial charge in [0.2, 0.25) is 5.89 Å². The Balaban J connectivity index is 2.44. The molecule has 1 unspecified atom stereocenters. The van der Waals surface area contributed by atoms with Gasteiger partial charge in [0.1, 0.15) is 6.61 Å². The summed E-state index contributed by atoms with van der Waals surface area (Å²) in [6.45, 7) is 6.71. The monoisotopic (exact) mass is 211 g/mol. The van der Waals surface area contributed by atoms with E-state index in [1.807, 2.05) is 6.92 Å². The summed E-state index contributed by atoms with van der Waals surface area (Å²) in [6.07, 6.45) is 3.32. The van der Waals surface area contributed by atoms with Crippen molar-refractivity contribution in [3.63, 3.8) is 0 Å². The van der Waals surface area contributed by atoms with Crippen molar-refractivity contribution in [2.75, 3.05) is 6.61 Å². The van der Waals surface area contributed by atoms with Gasteiger partial charge in [-0.05, 0) is 12.8 Å². The lowest BCUT2D eigenvalue weighted by Gasteiger charge is -2.00. The van der Waals surface area contributed by atoms with E-state index in [1.165, 1.54) is 0 Å². The first-order valence-corrected chi connectivity index (χ1v) is 5.04. The normalized spacial score (nSPS) is 12.7. The van der Waals surface area contributed by atoms with E-state index in [-0.39, 0.29) is 6.04 Å². The summed E-state index contributed by atoms with van der Waals surface area (Å²) in [4.78, 5) is 4.13. The number of hydrogen-bond donors (Lipinski definition) is 1. The number of rotatable bonds is 7. The van der Waals surface area contributed by atoms with E-state index in [1.54, 1.807) is 6.08 Å². The van der Waals surface area contributed by atoms with Gasteiger partial charge in [-0.3, -0.25) is 0 Å². The van der Waals surface area contributed by atoms with Gasteiger partial charge < -0.3 is 15.0 Å². The van der Waals surface area contributed by atoms with Crippen LogP contribution in [0, 0.1) is 0 Å². The molecule has 0 fully saturated rings. The number of nitrogens with two attached hydrogens (primary N) is 1.